The van der Waals surface area contributed by atoms with Crippen molar-refractivity contribution in [3.8, 4) is 11.8 Å². The lowest BCUT2D eigenvalue weighted by Gasteiger charge is -2.33. The number of rotatable bonds is 4. The average molecular weight is 325 g/mol. The van der Waals surface area contributed by atoms with Crippen LogP contribution in [0.5, 0.6) is 0 Å². The van der Waals surface area contributed by atoms with Crippen molar-refractivity contribution < 1.29 is 9.59 Å². The van der Waals surface area contributed by atoms with E-state index in [0.29, 0.717) is 25.6 Å². The highest BCUT2D eigenvalue weighted by atomic mass is 16.2. The van der Waals surface area contributed by atoms with E-state index in [2.05, 4.69) is 22.1 Å². The van der Waals surface area contributed by atoms with Crippen LogP contribution in [0.4, 0.5) is 0 Å². The molecule has 2 fully saturated rings. The van der Waals surface area contributed by atoms with Crippen molar-refractivity contribution in [2.24, 2.45) is 0 Å². The van der Waals surface area contributed by atoms with Crippen LogP contribution in [-0.2, 0) is 9.59 Å². The van der Waals surface area contributed by atoms with Crippen LogP contribution in [0.15, 0.2) is 30.3 Å². The van der Waals surface area contributed by atoms with Gasteiger partial charge in [-0.05, 0) is 25.0 Å². The Bertz CT molecular complexity index is 636. The van der Waals surface area contributed by atoms with Gasteiger partial charge in [0.05, 0.1) is 0 Å². The van der Waals surface area contributed by atoms with Crippen molar-refractivity contribution >= 4 is 11.8 Å². The average Bonchev–Trinajstić information content (AvgIpc) is 3.43. The maximum atomic E-state index is 12.1. The molecule has 0 bridgehead atoms. The molecule has 5 nitrogen and oxygen atoms in total. The van der Waals surface area contributed by atoms with Crippen LogP contribution in [0.1, 0.15) is 24.8 Å². The van der Waals surface area contributed by atoms with Gasteiger partial charge in [-0.15, -0.1) is 0 Å². The lowest BCUT2D eigenvalue weighted by molar-refractivity contribution is -0.127. The van der Waals surface area contributed by atoms with Gasteiger partial charge in [-0.3, -0.25) is 14.5 Å². The van der Waals surface area contributed by atoms with Crippen molar-refractivity contribution in [2.45, 2.75) is 25.3 Å². The molecule has 2 amide bonds. The maximum absolute atomic E-state index is 12.1. The second kappa shape index (κ2) is 7.98. The van der Waals surface area contributed by atoms with Crippen LogP contribution >= 0.6 is 0 Å². The molecule has 3 rings (SSSR count). The molecular weight excluding hydrogens is 302 g/mol. The predicted octanol–water partition coefficient (Wildman–Crippen LogP) is 0.851. The van der Waals surface area contributed by atoms with E-state index in [1.165, 1.54) is 0 Å². The Morgan fingerprint density at radius 3 is 2.46 bits per heavy atom. The molecule has 1 saturated heterocycles. The fourth-order valence-electron chi connectivity index (χ4n) is 2.69. The van der Waals surface area contributed by atoms with Gasteiger partial charge in [0.25, 0.3) is 5.91 Å². The Labute approximate surface area is 143 Å². The lowest BCUT2D eigenvalue weighted by Crippen LogP contribution is -2.49. The Morgan fingerprint density at radius 2 is 1.79 bits per heavy atom. The fraction of sp³-hybridized carbons (Fsp3) is 0.474. The highest BCUT2D eigenvalue weighted by Gasteiger charge is 2.24. The molecule has 0 aromatic heterocycles. The minimum atomic E-state index is -0.120. The summed E-state index contributed by atoms with van der Waals surface area (Å²) in [5.74, 6) is 5.65. The first kappa shape index (κ1) is 16.5. The molecule has 126 valence electrons. The van der Waals surface area contributed by atoms with Gasteiger partial charge in [-0.1, -0.05) is 24.1 Å². The molecule has 1 aromatic carbocycles. The summed E-state index contributed by atoms with van der Waals surface area (Å²) in [5.41, 5.74) is 0.853. The normalized spacial score (nSPS) is 17.8. The van der Waals surface area contributed by atoms with Crippen molar-refractivity contribution in [3.63, 3.8) is 0 Å². The number of nitrogens with one attached hydrogen (secondary N) is 1. The summed E-state index contributed by atoms with van der Waals surface area (Å²) in [6, 6.07) is 9.96. The molecule has 0 radical (unpaired) electrons. The van der Waals surface area contributed by atoms with Crippen LogP contribution in [0.3, 0.4) is 0 Å². The number of carbonyl (C=O) groups is 2. The number of piperazine rings is 1. The number of benzene rings is 1. The summed E-state index contributed by atoms with van der Waals surface area (Å²) in [6.07, 6.45) is 2.78. The minimum absolute atomic E-state index is 0.120. The molecule has 1 aliphatic carbocycles. The first-order valence-corrected chi connectivity index (χ1v) is 8.58. The van der Waals surface area contributed by atoms with Gasteiger partial charge in [0.1, 0.15) is 0 Å². The number of hydrogen-bond donors (Lipinski definition) is 1. The van der Waals surface area contributed by atoms with E-state index >= 15 is 0 Å². The maximum Gasteiger partial charge on any atom is 0.298 e. The van der Waals surface area contributed by atoms with Crippen LogP contribution in [0.25, 0.3) is 0 Å². The highest BCUT2D eigenvalue weighted by Crippen LogP contribution is 2.18. The van der Waals surface area contributed by atoms with Crippen molar-refractivity contribution in [1.82, 2.24) is 15.1 Å². The zero-order valence-corrected chi connectivity index (χ0v) is 13.8. The third-order valence-electron chi connectivity index (χ3n) is 4.34. The smallest absolute Gasteiger partial charge is 0.298 e. The quantitative estimate of drug-likeness (QED) is 0.835. The van der Waals surface area contributed by atoms with Gasteiger partial charge in [-0.25, -0.2) is 0 Å². The lowest BCUT2D eigenvalue weighted by atomic mass is 10.2. The molecule has 1 aliphatic heterocycles. The van der Waals surface area contributed by atoms with E-state index in [1.807, 2.05) is 30.3 Å². The van der Waals surface area contributed by atoms with Gasteiger partial charge >= 0.3 is 0 Å². The Kier molecular flexibility index (Phi) is 5.50. The van der Waals surface area contributed by atoms with Gasteiger partial charge in [0.15, 0.2) is 0 Å². The van der Waals surface area contributed by atoms with Crippen molar-refractivity contribution in [2.75, 3.05) is 32.7 Å². The zero-order chi connectivity index (χ0) is 16.8. The molecule has 1 heterocycles. The van der Waals surface area contributed by atoms with Crippen LogP contribution in [0, 0.1) is 11.8 Å². The number of carbonyl (C=O) groups excluding carboxylic acids is 2. The number of nitrogens with zero attached hydrogens (tertiary/aromatic N) is 2. The van der Waals surface area contributed by atoms with Gasteiger partial charge in [-0.2, -0.15) is 0 Å². The molecule has 5 heteroatoms. The monoisotopic (exact) mass is 325 g/mol. The van der Waals surface area contributed by atoms with E-state index in [0.717, 1.165) is 38.0 Å². The molecule has 1 N–H and O–H groups in total. The third kappa shape index (κ3) is 5.10. The number of amides is 2. The molecule has 0 atom stereocenters. The van der Waals surface area contributed by atoms with Crippen LogP contribution < -0.4 is 5.32 Å². The van der Waals surface area contributed by atoms with E-state index in [1.54, 1.807) is 4.90 Å². The SMILES string of the molecule is O=C(CCN1CCN(C(=O)C#Cc2ccccc2)CC1)NC1CC1. The van der Waals surface area contributed by atoms with Crippen molar-refractivity contribution in [3.05, 3.63) is 35.9 Å². The third-order valence-corrected chi connectivity index (χ3v) is 4.34. The van der Waals surface area contributed by atoms with Crippen molar-refractivity contribution in [1.29, 1.82) is 0 Å². The predicted molar refractivity (Wildman–Crippen MR) is 92.1 cm³/mol. The fourth-order valence-corrected chi connectivity index (χ4v) is 2.69. The largest absolute Gasteiger partial charge is 0.353 e. The number of hydrogen-bond acceptors (Lipinski definition) is 3. The topological polar surface area (TPSA) is 52.7 Å². The second-order valence-corrected chi connectivity index (χ2v) is 6.34. The van der Waals surface area contributed by atoms with Gasteiger partial charge < -0.3 is 10.2 Å². The molecule has 0 unspecified atom stereocenters. The van der Waals surface area contributed by atoms with Crippen LogP contribution in [0.2, 0.25) is 0 Å². The Balaban J connectivity index is 1.39. The van der Waals surface area contributed by atoms with Gasteiger partial charge in [0, 0.05) is 56.7 Å². The highest BCUT2D eigenvalue weighted by molar-refractivity contribution is 5.94. The first-order chi connectivity index (χ1) is 11.7. The van der Waals surface area contributed by atoms with E-state index in [-0.39, 0.29) is 11.8 Å². The summed E-state index contributed by atoms with van der Waals surface area (Å²) in [6.45, 7) is 3.71. The second-order valence-electron chi connectivity index (χ2n) is 6.34. The molecular formula is C19H23N3O2. The summed E-state index contributed by atoms with van der Waals surface area (Å²) < 4.78 is 0. The standard InChI is InChI=1S/C19H23N3O2/c23-18(20-17-7-8-17)10-11-21-12-14-22(15-13-21)19(24)9-6-16-4-2-1-3-5-16/h1-5,17H,7-8,10-15H2,(H,20,23). The summed E-state index contributed by atoms with van der Waals surface area (Å²) in [7, 11) is 0. The Morgan fingerprint density at radius 1 is 1.08 bits per heavy atom. The Hall–Kier alpha value is -2.32. The minimum Gasteiger partial charge on any atom is -0.353 e. The molecule has 1 aromatic rings. The van der Waals surface area contributed by atoms with E-state index in [4.69, 9.17) is 0 Å². The van der Waals surface area contributed by atoms with Gasteiger partial charge in [0.2, 0.25) is 5.91 Å². The van der Waals surface area contributed by atoms with E-state index in [9.17, 15) is 9.59 Å². The molecule has 24 heavy (non-hydrogen) atoms. The first-order valence-electron chi connectivity index (χ1n) is 8.58. The molecule has 0 spiro atoms. The van der Waals surface area contributed by atoms with E-state index < -0.39 is 0 Å². The summed E-state index contributed by atoms with van der Waals surface area (Å²) >= 11 is 0. The van der Waals surface area contributed by atoms with Crippen LogP contribution in [-0.4, -0.2) is 60.4 Å². The zero-order valence-electron chi connectivity index (χ0n) is 13.8. The molecule has 2 aliphatic rings. The summed E-state index contributed by atoms with van der Waals surface area (Å²) in [4.78, 5) is 27.9. The molecule has 1 saturated carbocycles. The summed E-state index contributed by atoms with van der Waals surface area (Å²) in [5, 5.41) is 3.00.